The number of rotatable bonds is 4. The lowest BCUT2D eigenvalue weighted by Gasteiger charge is -1.89. The lowest BCUT2D eigenvalue weighted by molar-refractivity contribution is -0.119. The lowest BCUT2D eigenvalue weighted by Crippen LogP contribution is -1.97. The van der Waals surface area contributed by atoms with Gasteiger partial charge in [0.2, 0.25) is 0 Å². The molecule has 0 radical (unpaired) electrons. The van der Waals surface area contributed by atoms with Gasteiger partial charge in [0.15, 0.2) is 5.78 Å². The maximum atomic E-state index is 11.4. The molecule has 0 aliphatic heterocycles. The predicted octanol–water partition coefficient (Wildman–Crippen LogP) is 1.72. The number of Topliss-reactive ketones (excluding diaryl/α,β-unsaturated/α-hetero) is 1. The van der Waals surface area contributed by atoms with Crippen molar-refractivity contribution in [3.8, 4) is 0 Å². The van der Waals surface area contributed by atoms with Gasteiger partial charge >= 0.3 is 0 Å². The number of hydrogen-bond donors (Lipinski definition) is 0. The molecule has 8 heavy (non-hydrogen) atoms. The second-order valence-electron chi connectivity index (χ2n) is 1.78. The Morgan fingerprint density at radius 1 is 1.62 bits per heavy atom. The summed E-state index contributed by atoms with van der Waals surface area (Å²) < 4.78 is 11.4. The molecule has 0 N–H and O–H groups in total. The summed E-state index contributed by atoms with van der Waals surface area (Å²) >= 11 is 0. The molecular formula is C6H11FO. The van der Waals surface area contributed by atoms with E-state index in [1.165, 1.54) is 0 Å². The minimum atomic E-state index is -0.792. The summed E-state index contributed by atoms with van der Waals surface area (Å²) in [6.07, 6.45) is 2.20. The van der Waals surface area contributed by atoms with Crippen LogP contribution in [0.1, 0.15) is 26.2 Å². The van der Waals surface area contributed by atoms with E-state index in [2.05, 4.69) is 0 Å². The number of carbonyl (C=O) groups is 1. The maximum absolute atomic E-state index is 11.4. The van der Waals surface area contributed by atoms with Gasteiger partial charge in [-0.3, -0.25) is 4.79 Å². The molecule has 1 nitrogen and oxygen atoms in total. The van der Waals surface area contributed by atoms with E-state index in [0.717, 1.165) is 12.8 Å². The van der Waals surface area contributed by atoms with Crippen molar-refractivity contribution in [1.29, 1.82) is 0 Å². The molecule has 0 aliphatic rings. The van der Waals surface area contributed by atoms with Gasteiger partial charge in [-0.1, -0.05) is 13.3 Å². The number of ketones is 1. The lowest BCUT2D eigenvalue weighted by atomic mass is 10.2. The molecule has 0 amide bonds. The van der Waals surface area contributed by atoms with Crippen LogP contribution >= 0.6 is 0 Å². The molecular weight excluding hydrogens is 107 g/mol. The SMILES string of the molecule is CCCCC(=O)CF. The summed E-state index contributed by atoms with van der Waals surface area (Å²) in [5.74, 6) is -0.271. The molecule has 0 saturated carbocycles. The van der Waals surface area contributed by atoms with Crippen LogP contribution in [-0.2, 0) is 4.79 Å². The zero-order valence-electron chi connectivity index (χ0n) is 5.11. The van der Waals surface area contributed by atoms with Crippen molar-refractivity contribution < 1.29 is 9.18 Å². The minimum absolute atomic E-state index is 0.271. The van der Waals surface area contributed by atoms with E-state index in [1.54, 1.807) is 0 Å². The van der Waals surface area contributed by atoms with Crippen molar-refractivity contribution in [3.05, 3.63) is 0 Å². The third-order valence-electron chi connectivity index (χ3n) is 0.958. The summed E-state index contributed by atoms with van der Waals surface area (Å²) in [5, 5.41) is 0. The van der Waals surface area contributed by atoms with E-state index in [9.17, 15) is 9.18 Å². The quantitative estimate of drug-likeness (QED) is 0.549. The molecule has 0 aromatic rings. The Hall–Kier alpha value is -0.400. The Labute approximate surface area is 48.9 Å². The molecule has 0 aromatic heterocycles. The van der Waals surface area contributed by atoms with E-state index in [-0.39, 0.29) is 5.78 Å². The largest absolute Gasteiger partial charge is 0.297 e. The fourth-order valence-electron chi connectivity index (χ4n) is 0.441. The van der Waals surface area contributed by atoms with E-state index in [4.69, 9.17) is 0 Å². The number of hydrogen-bond acceptors (Lipinski definition) is 1. The van der Waals surface area contributed by atoms with Crippen LogP contribution in [0.15, 0.2) is 0 Å². The minimum Gasteiger partial charge on any atom is -0.297 e. The summed E-state index contributed by atoms with van der Waals surface area (Å²) in [5.41, 5.74) is 0. The standard InChI is InChI=1S/C6H11FO/c1-2-3-4-6(8)5-7/h2-5H2,1H3. The van der Waals surface area contributed by atoms with Crippen LogP contribution in [0.25, 0.3) is 0 Å². The van der Waals surface area contributed by atoms with Gasteiger partial charge in [-0.15, -0.1) is 0 Å². The topological polar surface area (TPSA) is 17.1 Å². The fourth-order valence-corrected chi connectivity index (χ4v) is 0.441. The Kier molecular flexibility index (Phi) is 4.51. The van der Waals surface area contributed by atoms with Crippen LogP contribution in [0.3, 0.4) is 0 Å². The second kappa shape index (κ2) is 4.75. The van der Waals surface area contributed by atoms with Crippen molar-refractivity contribution in [2.75, 3.05) is 6.67 Å². The summed E-state index contributed by atoms with van der Waals surface area (Å²) in [6.45, 7) is 1.19. The summed E-state index contributed by atoms with van der Waals surface area (Å²) in [6, 6.07) is 0. The molecule has 0 aromatic carbocycles. The molecule has 0 spiro atoms. The zero-order valence-corrected chi connectivity index (χ0v) is 5.11. The third-order valence-corrected chi connectivity index (χ3v) is 0.958. The van der Waals surface area contributed by atoms with Crippen LogP contribution < -0.4 is 0 Å². The van der Waals surface area contributed by atoms with Gasteiger partial charge in [-0.2, -0.15) is 0 Å². The molecule has 0 rings (SSSR count). The Morgan fingerprint density at radius 2 is 2.25 bits per heavy atom. The van der Waals surface area contributed by atoms with Crippen LogP contribution in [0, 0.1) is 0 Å². The highest BCUT2D eigenvalue weighted by atomic mass is 19.1. The Balaban J connectivity index is 2.99. The van der Waals surface area contributed by atoms with Crippen molar-refractivity contribution in [3.63, 3.8) is 0 Å². The highest BCUT2D eigenvalue weighted by Gasteiger charge is 1.96. The smallest absolute Gasteiger partial charge is 0.163 e. The Bertz CT molecular complexity index is 70.9. The first-order valence-corrected chi connectivity index (χ1v) is 2.89. The number of halogens is 1. The first-order chi connectivity index (χ1) is 3.81. The summed E-state index contributed by atoms with van der Waals surface area (Å²) in [4.78, 5) is 10.2. The van der Waals surface area contributed by atoms with Crippen molar-refractivity contribution >= 4 is 5.78 Å². The molecule has 0 aliphatic carbocycles. The van der Waals surface area contributed by atoms with E-state index in [0.29, 0.717) is 6.42 Å². The Morgan fingerprint density at radius 3 is 2.62 bits per heavy atom. The van der Waals surface area contributed by atoms with Gasteiger partial charge in [0, 0.05) is 6.42 Å². The molecule has 0 heterocycles. The zero-order chi connectivity index (χ0) is 6.41. The maximum Gasteiger partial charge on any atom is 0.163 e. The highest BCUT2D eigenvalue weighted by Crippen LogP contribution is 1.94. The first-order valence-electron chi connectivity index (χ1n) is 2.89. The van der Waals surface area contributed by atoms with Gasteiger partial charge in [0.05, 0.1) is 0 Å². The third kappa shape index (κ3) is 3.78. The van der Waals surface area contributed by atoms with Crippen molar-refractivity contribution in [2.24, 2.45) is 0 Å². The van der Waals surface area contributed by atoms with Gasteiger partial charge in [-0.25, -0.2) is 4.39 Å². The number of alkyl halides is 1. The molecule has 0 fully saturated rings. The monoisotopic (exact) mass is 118 g/mol. The molecule has 2 heteroatoms. The normalized spacial score (nSPS) is 9.25. The molecule has 0 saturated heterocycles. The van der Waals surface area contributed by atoms with Crippen LogP contribution in [0.2, 0.25) is 0 Å². The summed E-state index contributed by atoms with van der Waals surface area (Å²) in [7, 11) is 0. The van der Waals surface area contributed by atoms with Crippen molar-refractivity contribution in [2.45, 2.75) is 26.2 Å². The van der Waals surface area contributed by atoms with E-state index >= 15 is 0 Å². The predicted molar refractivity (Wildman–Crippen MR) is 30.5 cm³/mol. The molecule has 0 bridgehead atoms. The first kappa shape index (κ1) is 7.60. The van der Waals surface area contributed by atoms with Gasteiger partial charge < -0.3 is 0 Å². The highest BCUT2D eigenvalue weighted by molar-refractivity contribution is 5.79. The van der Waals surface area contributed by atoms with Crippen LogP contribution in [0.4, 0.5) is 4.39 Å². The van der Waals surface area contributed by atoms with E-state index < -0.39 is 6.67 Å². The van der Waals surface area contributed by atoms with Gasteiger partial charge in [0.1, 0.15) is 6.67 Å². The van der Waals surface area contributed by atoms with Crippen molar-refractivity contribution in [1.82, 2.24) is 0 Å². The average Bonchev–Trinajstić information content (AvgIpc) is 1.83. The van der Waals surface area contributed by atoms with Gasteiger partial charge in [0.25, 0.3) is 0 Å². The molecule has 0 atom stereocenters. The average molecular weight is 118 g/mol. The fraction of sp³-hybridized carbons (Fsp3) is 0.833. The van der Waals surface area contributed by atoms with Crippen LogP contribution in [-0.4, -0.2) is 12.5 Å². The molecule has 0 unspecified atom stereocenters. The van der Waals surface area contributed by atoms with Crippen LogP contribution in [0.5, 0.6) is 0 Å². The second-order valence-corrected chi connectivity index (χ2v) is 1.78. The molecule has 48 valence electrons. The van der Waals surface area contributed by atoms with E-state index in [1.807, 2.05) is 6.92 Å². The number of carbonyl (C=O) groups excluding carboxylic acids is 1. The van der Waals surface area contributed by atoms with Gasteiger partial charge in [-0.05, 0) is 6.42 Å². The number of unbranched alkanes of at least 4 members (excludes halogenated alkanes) is 1.